The lowest BCUT2D eigenvalue weighted by atomic mass is 9.82. The number of nitrogens with one attached hydrogen (secondary N) is 1. The largest absolute Gasteiger partial charge is 0.550 e. The summed E-state index contributed by atoms with van der Waals surface area (Å²) >= 11 is 1.34. The minimum absolute atomic E-state index is 0.280. The van der Waals surface area contributed by atoms with Gasteiger partial charge in [0.25, 0.3) is 0 Å². The van der Waals surface area contributed by atoms with Gasteiger partial charge in [0.05, 0.1) is 11.5 Å². The van der Waals surface area contributed by atoms with E-state index in [4.69, 9.17) is 0 Å². The van der Waals surface area contributed by atoms with Gasteiger partial charge in [0.15, 0.2) is 0 Å². The summed E-state index contributed by atoms with van der Waals surface area (Å²) < 4.78 is 0. The van der Waals surface area contributed by atoms with Gasteiger partial charge in [0.2, 0.25) is 5.91 Å². The predicted octanol–water partition coefficient (Wildman–Crippen LogP) is 3.99. The number of hydrogen-bond donors (Lipinski definition) is 1. The fraction of sp³-hybridized carbons (Fsp3) is 0.348. The molecule has 0 spiro atoms. The molecule has 0 saturated heterocycles. The third-order valence-corrected chi connectivity index (χ3v) is 6.39. The van der Waals surface area contributed by atoms with Crippen molar-refractivity contribution in [1.29, 1.82) is 5.26 Å². The molecule has 29 heavy (non-hydrogen) atoms. The van der Waals surface area contributed by atoms with Crippen molar-refractivity contribution in [2.45, 2.75) is 39.5 Å². The predicted molar refractivity (Wildman–Crippen MR) is 112 cm³/mol. The van der Waals surface area contributed by atoms with Crippen LogP contribution in [0.2, 0.25) is 0 Å². The van der Waals surface area contributed by atoms with Crippen molar-refractivity contribution < 1.29 is 14.7 Å². The van der Waals surface area contributed by atoms with Crippen LogP contribution < -0.4 is 10.4 Å². The fourth-order valence-corrected chi connectivity index (χ4v) is 4.72. The van der Waals surface area contributed by atoms with Crippen molar-refractivity contribution in [3.05, 3.63) is 52.4 Å². The summed E-state index contributed by atoms with van der Waals surface area (Å²) in [5, 5.41) is 24.4. The van der Waals surface area contributed by atoms with Gasteiger partial charge in [-0.05, 0) is 36.8 Å². The molecule has 0 radical (unpaired) electrons. The molecule has 5 nitrogen and oxygen atoms in total. The van der Waals surface area contributed by atoms with Crippen LogP contribution in [0.4, 0.5) is 5.00 Å². The van der Waals surface area contributed by atoms with E-state index in [0.29, 0.717) is 22.9 Å². The second-order valence-corrected chi connectivity index (χ2v) is 8.81. The number of aryl methyl sites for hydroxylation is 1. The summed E-state index contributed by atoms with van der Waals surface area (Å²) in [5.74, 6) is -2.74. The number of thiophene rings is 1. The maximum Gasteiger partial charge on any atom is 0.229 e. The summed E-state index contributed by atoms with van der Waals surface area (Å²) in [5.41, 5.74) is 3.36. The first-order valence-electron chi connectivity index (χ1n) is 9.64. The van der Waals surface area contributed by atoms with Crippen LogP contribution in [0.1, 0.15) is 48.6 Å². The van der Waals surface area contributed by atoms with Crippen molar-refractivity contribution in [1.82, 2.24) is 0 Å². The molecule has 2 aromatic rings. The molecule has 1 aromatic carbocycles. The molecule has 6 heteroatoms. The third-order valence-electron chi connectivity index (χ3n) is 5.37. The summed E-state index contributed by atoms with van der Waals surface area (Å²) in [6.07, 6.45) is 4.21. The zero-order chi connectivity index (χ0) is 21.1. The highest BCUT2D eigenvalue weighted by atomic mass is 32.1. The van der Waals surface area contributed by atoms with Crippen LogP contribution in [0.15, 0.2) is 36.4 Å². The van der Waals surface area contributed by atoms with Crippen LogP contribution in [-0.2, 0) is 9.59 Å². The second-order valence-electron chi connectivity index (χ2n) is 7.59. The topological polar surface area (TPSA) is 93.0 Å². The Morgan fingerprint density at radius 3 is 2.34 bits per heavy atom. The number of carboxylic acids is 1. The first-order chi connectivity index (χ1) is 13.8. The molecule has 0 aliphatic heterocycles. The van der Waals surface area contributed by atoms with Gasteiger partial charge < -0.3 is 15.2 Å². The minimum Gasteiger partial charge on any atom is -0.550 e. The molecule has 0 saturated carbocycles. The normalized spacial score (nSPS) is 18.4. The van der Waals surface area contributed by atoms with Gasteiger partial charge in [0.1, 0.15) is 11.1 Å². The Morgan fingerprint density at radius 1 is 1.17 bits per heavy atom. The molecule has 1 aliphatic carbocycles. The van der Waals surface area contributed by atoms with Crippen LogP contribution in [0, 0.1) is 30.1 Å². The van der Waals surface area contributed by atoms with Crippen LogP contribution in [-0.4, -0.2) is 11.9 Å². The number of carbonyl (C=O) groups excluding carboxylic acids is 2. The quantitative estimate of drug-likeness (QED) is 0.759. The summed E-state index contributed by atoms with van der Waals surface area (Å²) in [7, 11) is 0. The number of nitrogens with zero attached hydrogens (tertiary/aromatic N) is 1. The number of aliphatic carboxylic acids is 1. The molecule has 2 unspecified atom stereocenters. The second kappa shape index (κ2) is 8.62. The Balaban J connectivity index is 1.91. The summed E-state index contributed by atoms with van der Waals surface area (Å²) in [6.45, 7) is 6.17. The highest BCUT2D eigenvalue weighted by molar-refractivity contribution is 7.17. The molecule has 1 aliphatic rings. The van der Waals surface area contributed by atoms with E-state index in [1.807, 2.05) is 25.1 Å². The summed E-state index contributed by atoms with van der Waals surface area (Å²) in [4.78, 5) is 25.1. The Kier molecular flexibility index (Phi) is 6.19. The van der Waals surface area contributed by atoms with Gasteiger partial charge in [-0.15, -0.1) is 11.3 Å². The smallest absolute Gasteiger partial charge is 0.229 e. The highest BCUT2D eigenvalue weighted by Crippen LogP contribution is 2.40. The lowest BCUT2D eigenvalue weighted by Crippen LogP contribution is -2.41. The van der Waals surface area contributed by atoms with Gasteiger partial charge in [-0.2, -0.15) is 5.26 Å². The number of anilines is 1. The van der Waals surface area contributed by atoms with Crippen molar-refractivity contribution in [3.63, 3.8) is 0 Å². The molecule has 150 valence electrons. The van der Waals surface area contributed by atoms with E-state index in [9.17, 15) is 20.0 Å². The maximum absolute atomic E-state index is 12.8. The Labute approximate surface area is 174 Å². The number of rotatable bonds is 5. The molecule has 2 atom stereocenters. The molecule has 1 aromatic heterocycles. The van der Waals surface area contributed by atoms with Crippen LogP contribution in [0.3, 0.4) is 0 Å². The van der Waals surface area contributed by atoms with Crippen molar-refractivity contribution in [2.75, 3.05) is 5.32 Å². The van der Waals surface area contributed by atoms with Crippen LogP contribution in [0.5, 0.6) is 0 Å². The van der Waals surface area contributed by atoms with Crippen LogP contribution >= 0.6 is 11.3 Å². The molecule has 3 rings (SSSR count). The zero-order valence-corrected chi connectivity index (χ0v) is 17.5. The third kappa shape index (κ3) is 4.25. The van der Waals surface area contributed by atoms with Gasteiger partial charge in [-0.3, -0.25) is 4.79 Å². The molecule has 1 heterocycles. The molecular formula is C23H23N2O3S-. The lowest BCUT2D eigenvalue weighted by molar-refractivity contribution is -0.313. The zero-order valence-electron chi connectivity index (χ0n) is 16.7. The van der Waals surface area contributed by atoms with Crippen LogP contribution in [0.25, 0.3) is 11.1 Å². The molecule has 0 fully saturated rings. The van der Waals surface area contributed by atoms with Gasteiger partial charge >= 0.3 is 0 Å². The van der Waals surface area contributed by atoms with E-state index in [0.717, 1.165) is 16.0 Å². The lowest BCUT2D eigenvalue weighted by Gasteiger charge is -2.28. The number of amides is 1. The SMILES string of the molecule is Cc1sc(NC(=O)C2CC=CCC2C(=O)[O-])c(C#N)c1-c1ccc(C(C)C)cc1. The number of benzene rings is 1. The van der Waals surface area contributed by atoms with Crippen molar-refractivity contribution in [2.24, 2.45) is 11.8 Å². The van der Waals surface area contributed by atoms with E-state index in [-0.39, 0.29) is 12.3 Å². The molecule has 1 amide bonds. The summed E-state index contributed by atoms with van der Waals surface area (Å²) in [6, 6.07) is 10.3. The Morgan fingerprint density at radius 2 is 1.79 bits per heavy atom. The van der Waals surface area contributed by atoms with E-state index < -0.39 is 17.8 Å². The molecule has 0 bridgehead atoms. The Bertz CT molecular complexity index is 996. The van der Waals surface area contributed by atoms with E-state index >= 15 is 0 Å². The van der Waals surface area contributed by atoms with E-state index in [1.54, 1.807) is 6.08 Å². The van der Waals surface area contributed by atoms with E-state index in [2.05, 4.69) is 37.4 Å². The first-order valence-corrected chi connectivity index (χ1v) is 10.5. The molecular weight excluding hydrogens is 384 g/mol. The fourth-order valence-electron chi connectivity index (χ4n) is 3.69. The minimum atomic E-state index is -1.22. The Hall–Kier alpha value is -2.91. The standard InChI is InChI=1S/C23H24N2O3S/c1-13(2)15-8-10-16(11-9-15)20-14(3)29-22(19(20)12-24)25-21(26)17-6-4-5-7-18(17)23(27)28/h4-5,8-11,13,17-18H,6-7H2,1-3H3,(H,25,26)(H,27,28)/p-1. The number of allylic oxidation sites excluding steroid dienone is 2. The highest BCUT2D eigenvalue weighted by Gasteiger charge is 2.31. The van der Waals surface area contributed by atoms with Gasteiger partial charge in [-0.25, -0.2) is 0 Å². The number of carbonyl (C=O) groups is 2. The average molecular weight is 408 g/mol. The van der Waals surface area contributed by atoms with E-state index in [1.165, 1.54) is 16.9 Å². The van der Waals surface area contributed by atoms with Gasteiger partial charge in [0, 0.05) is 22.3 Å². The van der Waals surface area contributed by atoms with Crippen molar-refractivity contribution in [3.8, 4) is 17.2 Å². The maximum atomic E-state index is 12.8. The first kappa shape index (κ1) is 20.8. The number of carboxylic acid groups (broad SMARTS) is 1. The van der Waals surface area contributed by atoms with Gasteiger partial charge in [-0.1, -0.05) is 50.3 Å². The molecule has 1 N–H and O–H groups in total. The average Bonchev–Trinajstić information content (AvgIpc) is 3.02. The number of nitriles is 1. The monoisotopic (exact) mass is 407 g/mol. The van der Waals surface area contributed by atoms with Crippen molar-refractivity contribution >= 4 is 28.2 Å². The number of hydrogen-bond acceptors (Lipinski definition) is 5.